The monoisotopic (exact) mass is 1160 g/mol. The van der Waals surface area contributed by atoms with E-state index in [1.165, 1.54) is 6.92 Å². The molecule has 8 rings (SSSR count). The number of carboxylic acids is 1. The first kappa shape index (κ1) is 64.2. The molecular weight excluding hydrogens is 1070 g/mol. The molecule has 462 valence electrons. The lowest BCUT2D eigenvalue weighted by Crippen LogP contribution is -2.74. The van der Waals surface area contributed by atoms with Crippen molar-refractivity contribution in [2.45, 2.75) is 237 Å². The fraction of sp³-hybridized carbons (Fsp3) is 0.877. The Hall–Kier alpha value is -2.83. The van der Waals surface area contributed by atoms with Gasteiger partial charge in [0.05, 0.1) is 44.1 Å². The van der Waals surface area contributed by atoms with Crippen LogP contribution in [0.4, 0.5) is 0 Å². The van der Waals surface area contributed by atoms with Crippen LogP contribution in [0, 0.1) is 49.7 Å². The Morgan fingerprint density at radius 3 is 1.75 bits per heavy atom. The average Bonchev–Trinajstić information content (AvgIpc) is 3.53. The number of rotatable bonds is 15. The lowest BCUT2D eigenvalue weighted by atomic mass is 9.28. The lowest BCUT2D eigenvalue weighted by Gasteiger charge is -2.77. The number of aliphatic hydroxyl groups excluding tert-OH is 12. The number of allylic oxidation sites excluding steroid dienone is 3. The Morgan fingerprint density at radius 1 is 0.667 bits per heavy atom. The van der Waals surface area contributed by atoms with Gasteiger partial charge in [-0.15, -0.1) is 0 Å². The second-order valence-corrected chi connectivity index (χ2v) is 26.2. The average molecular weight is 1160 g/mol. The third-order valence-corrected chi connectivity index (χ3v) is 22.3. The van der Waals surface area contributed by atoms with E-state index in [1.807, 2.05) is 20.8 Å². The lowest BCUT2D eigenvalue weighted by molar-refractivity contribution is -0.393. The molecule has 27 atom stereocenters. The van der Waals surface area contributed by atoms with E-state index in [9.17, 15) is 80.8 Å². The number of aliphatic hydroxyl groups is 12. The minimum Gasteiger partial charge on any atom is -0.479 e. The van der Waals surface area contributed by atoms with E-state index in [0.29, 0.717) is 44.1 Å². The van der Waals surface area contributed by atoms with Gasteiger partial charge in [0.1, 0.15) is 79.4 Å². The normalized spacial score (nSPS) is 50.6. The van der Waals surface area contributed by atoms with E-state index in [0.717, 1.165) is 5.57 Å². The Bertz CT molecular complexity index is 2360. The van der Waals surface area contributed by atoms with E-state index < -0.39 is 205 Å². The van der Waals surface area contributed by atoms with Crippen molar-refractivity contribution < 1.29 is 119 Å². The van der Waals surface area contributed by atoms with Crippen LogP contribution in [-0.2, 0) is 52.3 Å². The van der Waals surface area contributed by atoms with Gasteiger partial charge in [0.2, 0.25) is 0 Å². The first-order valence-electron chi connectivity index (χ1n) is 28.6. The summed E-state index contributed by atoms with van der Waals surface area (Å²) < 4.78 is 48.5. The molecule has 3 heterocycles. The number of esters is 2. The minimum absolute atomic E-state index is 0.158. The van der Waals surface area contributed by atoms with Crippen LogP contribution in [0.1, 0.15) is 121 Å². The third-order valence-electron chi connectivity index (χ3n) is 22.3. The first-order chi connectivity index (χ1) is 37.8. The summed E-state index contributed by atoms with van der Waals surface area (Å²) in [6, 6.07) is 0. The van der Waals surface area contributed by atoms with Gasteiger partial charge in [-0.1, -0.05) is 66.2 Å². The smallest absolute Gasteiger partial charge is 0.335 e. The van der Waals surface area contributed by atoms with Gasteiger partial charge < -0.3 is 104 Å². The zero-order chi connectivity index (χ0) is 60.1. The fourth-order valence-corrected chi connectivity index (χ4v) is 17.1. The van der Waals surface area contributed by atoms with Crippen molar-refractivity contribution in [1.82, 2.24) is 0 Å². The summed E-state index contributed by atoms with van der Waals surface area (Å²) >= 11 is 0. The van der Waals surface area contributed by atoms with Crippen molar-refractivity contribution in [3.8, 4) is 0 Å². The number of aliphatic carboxylic acids is 1. The van der Waals surface area contributed by atoms with Crippen LogP contribution in [0.3, 0.4) is 0 Å². The molecule has 24 heteroatoms. The summed E-state index contributed by atoms with van der Waals surface area (Å²) in [6.45, 7) is 16.4. The van der Waals surface area contributed by atoms with E-state index in [2.05, 4.69) is 33.8 Å². The maximum atomic E-state index is 13.5. The molecule has 0 aromatic carbocycles. The van der Waals surface area contributed by atoms with Gasteiger partial charge in [-0.2, -0.15) is 0 Å². The highest BCUT2D eigenvalue weighted by Crippen LogP contribution is 2.81. The summed E-state index contributed by atoms with van der Waals surface area (Å²) in [6.07, 6.45) is -26.0. The second-order valence-electron chi connectivity index (χ2n) is 26.2. The van der Waals surface area contributed by atoms with Gasteiger partial charge in [-0.3, -0.25) is 4.79 Å². The van der Waals surface area contributed by atoms with Crippen molar-refractivity contribution in [2.24, 2.45) is 49.7 Å². The van der Waals surface area contributed by atoms with E-state index in [4.69, 9.17) is 37.9 Å². The topological polar surface area (TPSA) is 388 Å². The summed E-state index contributed by atoms with van der Waals surface area (Å²) in [7, 11) is 0. The molecule has 1 unspecified atom stereocenters. The molecule has 0 aromatic rings. The van der Waals surface area contributed by atoms with Gasteiger partial charge >= 0.3 is 17.9 Å². The zero-order valence-corrected chi connectivity index (χ0v) is 48.1. The zero-order valence-electron chi connectivity index (χ0n) is 48.1. The molecule has 0 amide bonds. The molecule has 0 spiro atoms. The predicted octanol–water partition coefficient (Wildman–Crippen LogP) is -0.541. The number of carbonyl (C=O) groups excluding carboxylic acids is 2. The number of ether oxygens (including phenoxy) is 8. The van der Waals surface area contributed by atoms with Gasteiger partial charge in [0.25, 0.3) is 0 Å². The summed E-state index contributed by atoms with van der Waals surface area (Å²) in [5.41, 5.74) is -4.53. The number of hydrogen-bond donors (Lipinski definition) is 13. The van der Waals surface area contributed by atoms with Crippen LogP contribution in [0.25, 0.3) is 0 Å². The maximum absolute atomic E-state index is 13.5. The fourth-order valence-electron chi connectivity index (χ4n) is 17.1. The molecule has 3 aliphatic heterocycles. The van der Waals surface area contributed by atoms with Gasteiger partial charge in [0.15, 0.2) is 25.0 Å². The van der Waals surface area contributed by atoms with E-state index in [1.54, 1.807) is 19.9 Å². The van der Waals surface area contributed by atoms with Crippen molar-refractivity contribution in [2.75, 3.05) is 26.4 Å². The number of hydrogen-bond acceptors (Lipinski definition) is 23. The molecular formula is C57H90O24. The SMILES string of the molecule is C/C=C(\C)C(=O)O[C@H]1[C@H](OC(C)=O)[C@]2(CO)[C@H](O)C[C@]3(C)C(=CC[C@]4(C)[C@@]5(CC)CC[C@H](O[C@@H]6O[C@H](C(=O)O)[C@@H](O[C@@H]7O[C@H](CO)[C@@H](O)[C@H](O)[C@H]7O)[C@H](O)C6O[C@@H]6O[C@H](CO)[C@@H](O)[C@H](O)[C@H]6O)[C@](C)(CO)[C@@H]5CC[C@]43C)[C@@H]2CC1(C)C. The Labute approximate surface area is 471 Å². The number of fused-ring (bicyclic) bond motifs is 7. The van der Waals surface area contributed by atoms with Crippen LogP contribution in [-0.4, -0.2) is 227 Å². The highest BCUT2D eigenvalue weighted by molar-refractivity contribution is 5.87. The van der Waals surface area contributed by atoms with Gasteiger partial charge in [-0.25, -0.2) is 9.59 Å². The van der Waals surface area contributed by atoms with Crippen molar-refractivity contribution in [3.63, 3.8) is 0 Å². The molecule has 5 aliphatic carbocycles. The Balaban J connectivity index is 1.15. The largest absolute Gasteiger partial charge is 0.479 e. The van der Waals surface area contributed by atoms with Crippen LogP contribution >= 0.6 is 0 Å². The number of carbonyl (C=O) groups is 3. The molecule has 13 N–H and O–H groups in total. The molecule has 7 fully saturated rings. The molecule has 3 saturated heterocycles. The predicted molar refractivity (Wildman–Crippen MR) is 278 cm³/mol. The van der Waals surface area contributed by atoms with Crippen LogP contribution in [0.2, 0.25) is 0 Å². The van der Waals surface area contributed by atoms with Crippen molar-refractivity contribution in [3.05, 3.63) is 23.3 Å². The van der Waals surface area contributed by atoms with Crippen LogP contribution in [0.15, 0.2) is 23.3 Å². The standard InChI is InChI=1S/C57H90O24/c1-11-25(3)47(73)81-44-45(74-26(4)62)57(24-61)28(19-51(44,5)6)27-13-16-55(10)54(9,53(27,8)20-32(57)63)17-14-31-52(7,23-60)33(15-18-56(31,55)12-2)77-50-42(79-49-39(69)37(67)35(65)30(22-59)76-49)40(70)41(43(80-50)46(71)72)78-48-38(68)36(66)34(64)29(21-58)75-48/h11,13,28-45,48-50,58-61,63-70H,12,14-24H2,1-10H3,(H,71,72)/b25-11+/t28-,29+,30+,31-,32+,33-,34+,35+,36-,37-,38+,39+,40-,41-,42?,43-,44-,45-,48-,49-,50+,52+,53+,54-,55-,56-,57-/m0/s1. The molecule has 4 saturated carbocycles. The van der Waals surface area contributed by atoms with Gasteiger partial charge in [0, 0.05) is 23.3 Å². The molecule has 0 aromatic heterocycles. The van der Waals surface area contributed by atoms with Crippen LogP contribution in [0.5, 0.6) is 0 Å². The summed E-state index contributed by atoms with van der Waals surface area (Å²) in [4.78, 5) is 39.7. The highest BCUT2D eigenvalue weighted by Gasteiger charge is 2.77. The molecule has 24 nitrogen and oxygen atoms in total. The quantitative estimate of drug-likeness (QED) is 0.0424. The van der Waals surface area contributed by atoms with Crippen LogP contribution < -0.4 is 0 Å². The Morgan fingerprint density at radius 2 is 1.25 bits per heavy atom. The molecule has 0 radical (unpaired) electrons. The molecule has 8 aliphatic rings. The Kier molecular flexibility index (Phi) is 18.3. The summed E-state index contributed by atoms with van der Waals surface area (Å²) in [5, 5.41) is 144. The summed E-state index contributed by atoms with van der Waals surface area (Å²) in [5.74, 6) is -3.83. The van der Waals surface area contributed by atoms with Crippen molar-refractivity contribution in [1.29, 1.82) is 0 Å². The molecule has 0 bridgehead atoms. The van der Waals surface area contributed by atoms with E-state index >= 15 is 0 Å². The molecule has 81 heavy (non-hydrogen) atoms. The van der Waals surface area contributed by atoms with Crippen molar-refractivity contribution >= 4 is 17.9 Å². The first-order valence-corrected chi connectivity index (χ1v) is 28.6. The third kappa shape index (κ3) is 9.78. The van der Waals surface area contributed by atoms with Gasteiger partial charge in [-0.05, 0) is 98.7 Å². The number of carboxylic acid groups (broad SMARTS) is 1. The minimum atomic E-state index is -2.18. The highest BCUT2D eigenvalue weighted by atomic mass is 16.8. The second kappa shape index (κ2) is 23.1. The van der Waals surface area contributed by atoms with E-state index in [-0.39, 0.29) is 18.8 Å². The maximum Gasteiger partial charge on any atom is 0.335 e.